The normalized spacial score (nSPS) is 13.7. The summed E-state index contributed by atoms with van der Waals surface area (Å²) in [5.74, 6) is 0.417. The van der Waals surface area contributed by atoms with Gasteiger partial charge in [0.25, 0.3) is 11.8 Å². The van der Waals surface area contributed by atoms with Gasteiger partial charge in [0.15, 0.2) is 0 Å². The molecule has 1 aliphatic heterocycles. The summed E-state index contributed by atoms with van der Waals surface area (Å²) in [6, 6.07) is 23.3. The number of rotatable bonds is 7. The first-order chi connectivity index (χ1) is 17.0. The predicted octanol–water partition coefficient (Wildman–Crippen LogP) is 3.91. The van der Waals surface area contributed by atoms with Gasteiger partial charge in [0.2, 0.25) is 5.91 Å². The van der Waals surface area contributed by atoms with E-state index in [9.17, 15) is 14.4 Å². The van der Waals surface area contributed by atoms with Gasteiger partial charge in [-0.25, -0.2) is 0 Å². The number of carbonyl (C=O) groups excluding carboxylic acids is 3. The molecule has 0 bridgehead atoms. The first-order valence-electron chi connectivity index (χ1n) is 11.7. The Bertz CT molecular complexity index is 1170. The Balaban J connectivity index is 1.25. The highest BCUT2D eigenvalue weighted by molar-refractivity contribution is 6.04. The zero-order valence-electron chi connectivity index (χ0n) is 19.7. The monoisotopic (exact) mass is 471 g/mol. The van der Waals surface area contributed by atoms with Crippen molar-refractivity contribution >= 4 is 23.4 Å². The number of para-hydroxylation sites is 1. The summed E-state index contributed by atoms with van der Waals surface area (Å²) in [7, 11) is 1.60. The van der Waals surface area contributed by atoms with Crippen molar-refractivity contribution in [3.8, 4) is 5.75 Å². The number of nitrogens with one attached hydrogen (secondary N) is 2. The first-order valence-corrected chi connectivity index (χ1v) is 11.7. The molecule has 7 nitrogen and oxygen atoms in total. The van der Waals surface area contributed by atoms with E-state index in [2.05, 4.69) is 10.6 Å². The number of piperidine rings is 1. The summed E-state index contributed by atoms with van der Waals surface area (Å²) in [6.45, 7) is 1.20. The van der Waals surface area contributed by atoms with E-state index in [4.69, 9.17) is 4.74 Å². The molecule has 2 N–H and O–H groups in total. The third-order valence-corrected chi connectivity index (χ3v) is 6.16. The van der Waals surface area contributed by atoms with E-state index in [0.29, 0.717) is 54.9 Å². The van der Waals surface area contributed by atoms with E-state index >= 15 is 0 Å². The van der Waals surface area contributed by atoms with Crippen LogP contribution in [0.4, 0.5) is 5.69 Å². The van der Waals surface area contributed by atoms with Crippen molar-refractivity contribution in [2.24, 2.45) is 0 Å². The second-order valence-electron chi connectivity index (χ2n) is 8.51. The summed E-state index contributed by atoms with van der Waals surface area (Å²) in [5, 5.41) is 5.89. The number of anilines is 1. The molecule has 3 aromatic rings. The van der Waals surface area contributed by atoms with Gasteiger partial charge in [0.1, 0.15) is 5.75 Å². The maximum atomic E-state index is 12.7. The van der Waals surface area contributed by atoms with Gasteiger partial charge in [-0.15, -0.1) is 0 Å². The molecule has 35 heavy (non-hydrogen) atoms. The molecule has 0 unspecified atom stereocenters. The molecule has 0 radical (unpaired) electrons. The van der Waals surface area contributed by atoms with Crippen molar-refractivity contribution in [3.05, 3.63) is 95.6 Å². The molecule has 180 valence electrons. The largest absolute Gasteiger partial charge is 0.496 e. The van der Waals surface area contributed by atoms with E-state index in [0.717, 1.165) is 5.56 Å². The molecule has 1 saturated heterocycles. The lowest BCUT2D eigenvalue weighted by molar-refractivity contribution is -0.131. The molecule has 0 aliphatic carbocycles. The molecule has 0 spiro atoms. The van der Waals surface area contributed by atoms with Crippen LogP contribution in [-0.2, 0) is 11.2 Å². The summed E-state index contributed by atoms with van der Waals surface area (Å²) in [4.78, 5) is 39.6. The van der Waals surface area contributed by atoms with Crippen LogP contribution in [0.1, 0.15) is 39.1 Å². The standard InChI is InChI=1S/C28H29N3O4/c1-35-25-10-6-5-9-22(25)19-26(32)31-17-15-24(16-18-31)30-28(34)21-11-13-23(14-12-21)29-27(33)20-7-3-2-4-8-20/h2-14,24H,15-19H2,1H3,(H,29,33)(H,30,34). The average molecular weight is 472 g/mol. The van der Waals surface area contributed by atoms with Gasteiger partial charge in [0, 0.05) is 41.5 Å². The van der Waals surface area contributed by atoms with Crippen LogP contribution in [0.15, 0.2) is 78.9 Å². The molecular weight excluding hydrogens is 442 g/mol. The van der Waals surface area contributed by atoms with E-state index in [1.54, 1.807) is 43.5 Å². The van der Waals surface area contributed by atoms with Crippen molar-refractivity contribution in [2.75, 3.05) is 25.5 Å². The van der Waals surface area contributed by atoms with E-state index in [-0.39, 0.29) is 23.8 Å². The Morgan fingerprint density at radius 2 is 1.46 bits per heavy atom. The Morgan fingerprint density at radius 1 is 0.829 bits per heavy atom. The Kier molecular flexibility index (Phi) is 7.77. The summed E-state index contributed by atoms with van der Waals surface area (Å²) >= 11 is 0. The molecule has 0 atom stereocenters. The lowest BCUT2D eigenvalue weighted by atomic mass is 10.0. The third kappa shape index (κ3) is 6.26. The van der Waals surface area contributed by atoms with E-state index in [1.165, 1.54) is 0 Å². The molecule has 1 fully saturated rings. The van der Waals surface area contributed by atoms with Gasteiger partial charge in [-0.1, -0.05) is 36.4 Å². The number of hydrogen-bond acceptors (Lipinski definition) is 4. The highest BCUT2D eigenvalue weighted by atomic mass is 16.5. The number of amides is 3. The van der Waals surface area contributed by atoms with Crippen molar-refractivity contribution in [1.82, 2.24) is 10.2 Å². The molecule has 0 saturated carbocycles. The second kappa shape index (κ2) is 11.3. The van der Waals surface area contributed by atoms with Gasteiger partial charge in [-0.2, -0.15) is 0 Å². The third-order valence-electron chi connectivity index (χ3n) is 6.16. The predicted molar refractivity (Wildman–Crippen MR) is 135 cm³/mol. The maximum absolute atomic E-state index is 12.7. The fourth-order valence-corrected chi connectivity index (χ4v) is 4.16. The number of methoxy groups -OCH3 is 1. The molecular formula is C28H29N3O4. The van der Waals surface area contributed by atoms with Crippen molar-refractivity contribution in [1.29, 1.82) is 0 Å². The molecule has 3 amide bonds. The van der Waals surface area contributed by atoms with Crippen molar-refractivity contribution < 1.29 is 19.1 Å². The van der Waals surface area contributed by atoms with Crippen LogP contribution >= 0.6 is 0 Å². The summed E-state index contributed by atoms with van der Waals surface area (Å²) < 4.78 is 5.34. The van der Waals surface area contributed by atoms with Crippen LogP contribution in [-0.4, -0.2) is 48.9 Å². The molecule has 0 aromatic heterocycles. The molecule has 4 rings (SSSR count). The van der Waals surface area contributed by atoms with Crippen LogP contribution in [0.5, 0.6) is 5.75 Å². The zero-order chi connectivity index (χ0) is 24.6. The Labute approximate surface area is 205 Å². The number of hydrogen-bond donors (Lipinski definition) is 2. The molecule has 1 heterocycles. The Hall–Kier alpha value is -4.13. The van der Waals surface area contributed by atoms with Crippen LogP contribution in [0.25, 0.3) is 0 Å². The smallest absolute Gasteiger partial charge is 0.255 e. The SMILES string of the molecule is COc1ccccc1CC(=O)N1CCC(NC(=O)c2ccc(NC(=O)c3ccccc3)cc2)CC1. The van der Waals surface area contributed by atoms with Crippen molar-refractivity contribution in [3.63, 3.8) is 0 Å². The lowest BCUT2D eigenvalue weighted by Gasteiger charge is -2.32. The zero-order valence-corrected chi connectivity index (χ0v) is 19.7. The highest BCUT2D eigenvalue weighted by Crippen LogP contribution is 2.20. The summed E-state index contributed by atoms with van der Waals surface area (Å²) in [5.41, 5.74) is 2.59. The number of ether oxygens (including phenoxy) is 1. The van der Waals surface area contributed by atoms with Gasteiger partial charge in [0.05, 0.1) is 13.5 Å². The molecule has 7 heteroatoms. The van der Waals surface area contributed by atoms with Crippen LogP contribution < -0.4 is 15.4 Å². The fraction of sp³-hybridized carbons (Fsp3) is 0.250. The average Bonchev–Trinajstić information content (AvgIpc) is 2.90. The van der Waals surface area contributed by atoms with Gasteiger partial charge in [-0.05, 0) is 55.3 Å². The quantitative estimate of drug-likeness (QED) is 0.547. The minimum atomic E-state index is -0.199. The molecule has 3 aromatic carbocycles. The van der Waals surface area contributed by atoms with Crippen LogP contribution in [0.3, 0.4) is 0 Å². The molecule has 1 aliphatic rings. The number of carbonyl (C=O) groups is 3. The number of benzene rings is 3. The van der Waals surface area contributed by atoms with Gasteiger partial charge >= 0.3 is 0 Å². The fourth-order valence-electron chi connectivity index (χ4n) is 4.16. The topological polar surface area (TPSA) is 87.7 Å². The van der Waals surface area contributed by atoms with Gasteiger partial charge < -0.3 is 20.3 Å². The van der Waals surface area contributed by atoms with Gasteiger partial charge in [-0.3, -0.25) is 14.4 Å². The number of nitrogens with zero attached hydrogens (tertiary/aromatic N) is 1. The second-order valence-corrected chi connectivity index (χ2v) is 8.51. The minimum Gasteiger partial charge on any atom is -0.496 e. The lowest BCUT2D eigenvalue weighted by Crippen LogP contribution is -2.47. The highest BCUT2D eigenvalue weighted by Gasteiger charge is 2.24. The van der Waals surface area contributed by atoms with Crippen LogP contribution in [0, 0.1) is 0 Å². The van der Waals surface area contributed by atoms with E-state index in [1.807, 2.05) is 47.4 Å². The Morgan fingerprint density at radius 3 is 2.14 bits per heavy atom. The van der Waals surface area contributed by atoms with E-state index < -0.39 is 0 Å². The number of likely N-dealkylation sites (tertiary alicyclic amines) is 1. The first kappa shape index (κ1) is 24.0. The summed E-state index contributed by atoms with van der Waals surface area (Å²) in [6.07, 6.45) is 1.71. The maximum Gasteiger partial charge on any atom is 0.255 e. The van der Waals surface area contributed by atoms with Crippen molar-refractivity contribution in [2.45, 2.75) is 25.3 Å². The minimum absolute atomic E-state index is 0.00951. The van der Waals surface area contributed by atoms with Crippen LogP contribution in [0.2, 0.25) is 0 Å².